The van der Waals surface area contributed by atoms with Gasteiger partial charge < -0.3 is 19.3 Å². The number of rotatable bonds is 6. The normalized spacial score (nSPS) is 25.0. The molecule has 2 rings (SSSR count). The molecule has 1 aliphatic heterocycles. The highest BCUT2D eigenvalue weighted by atomic mass is 127. The van der Waals surface area contributed by atoms with Gasteiger partial charge in [0.2, 0.25) is 0 Å². The summed E-state index contributed by atoms with van der Waals surface area (Å²) in [6.45, 7) is 4.39. The van der Waals surface area contributed by atoms with E-state index >= 15 is 0 Å². The second kappa shape index (κ2) is 8.39. The lowest BCUT2D eigenvalue weighted by Gasteiger charge is -2.21. The Balaban J connectivity index is 1.89. The maximum Gasteiger partial charge on any atom is 0.164 e. The highest BCUT2D eigenvalue weighted by Crippen LogP contribution is 2.33. The number of aliphatic hydroxyl groups excluding tert-OH is 1. The Morgan fingerprint density at radius 3 is 2.64 bits per heavy atom. The van der Waals surface area contributed by atoms with Gasteiger partial charge in [0.1, 0.15) is 18.3 Å². The summed E-state index contributed by atoms with van der Waals surface area (Å²) in [5.74, 6) is -0.699. The van der Waals surface area contributed by atoms with E-state index in [2.05, 4.69) is 45.2 Å². The van der Waals surface area contributed by atoms with Crippen LogP contribution in [0.1, 0.15) is 19.4 Å². The van der Waals surface area contributed by atoms with Gasteiger partial charge in [0, 0.05) is 0 Å². The third kappa shape index (κ3) is 5.72. The second-order valence-corrected chi connectivity index (χ2v) is 9.98. The SMILES string of the molecule is CC1(C)O[C@@H](C=C(I)I)[C@@H](C(O)COCc2ccccc2)O1. The molecule has 1 aromatic carbocycles. The molecule has 0 saturated carbocycles. The fraction of sp³-hybridized carbons (Fsp3) is 0.500. The molecule has 0 bridgehead atoms. The van der Waals surface area contributed by atoms with Gasteiger partial charge in [0.05, 0.1) is 14.8 Å². The molecule has 4 nitrogen and oxygen atoms in total. The molecule has 0 amide bonds. The van der Waals surface area contributed by atoms with Gasteiger partial charge in [-0.3, -0.25) is 0 Å². The smallest absolute Gasteiger partial charge is 0.164 e. The quantitative estimate of drug-likeness (QED) is 0.570. The van der Waals surface area contributed by atoms with E-state index in [1.807, 2.05) is 50.3 Å². The third-order valence-corrected chi connectivity index (χ3v) is 3.95. The first-order valence-electron chi connectivity index (χ1n) is 7.05. The van der Waals surface area contributed by atoms with E-state index in [1.54, 1.807) is 0 Å². The Labute approximate surface area is 158 Å². The van der Waals surface area contributed by atoms with Crippen LogP contribution in [0.25, 0.3) is 0 Å². The Morgan fingerprint density at radius 2 is 2.00 bits per heavy atom. The minimum Gasteiger partial charge on any atom is -0.388 e. The van der Waals surface area contributed by atoms with Crippen molar-refractivity contribution in [3.05, 3.63) is 43.6 Å². The van der Waals surface area contributed by atoms with Gasteiger partial charge in [-0.05, 0) is 70.7 Å². The molecule has 0 aliphatic carbocycles. The van der Waals surface area contributed by atoms with Crippen molar-refractivity contribution in [1.29, 1.82) is 0 Å². The molecule has 6 heteroatoms. The molecule has 1 unspecified atom stereocenters. The molecule has 1 aliphatic rings. The third-order valence-electron chi connectivity index (χ3n) is 3.23. The molecule has 1 fully saturated rings. The van der Waals surface area contributed by atoms with Gasteiger partial charge in [-0.25, -0.2) is 0 Å². The molecule has 1 N–H and O–H groups in total. The molecule has 3 atom stereocenters. The average Bonchev–Trinajstić information content (AvgIpc) is 2.74. The highest BCUT2D eigenvalue weighted by Gasteiger charge is 2.43. The Morgan fingerprint density at radius 1 is 1.32 bits per heavy atom. The predicted molar refractivity (Wildman–Crippen MR) is 102 cm³/mol. The van der Waals surface area contributed by atoms with Crippen LogP contribution in [0.2, 0.25) is 0 Å². The van der Waals surface area contributed by atoms with Crippen LogP contribution in [0.4, 0.5) is 0 Å². The minimum atomic E-state index is -0.737. The molecular weight excluding hydrogens is 510 g/mol. The largest absolute Gasteiger partial charge is 0.388 e. The zero-order valence-corrected chi connectivity index (χ0v) is 16.9. The molecule has 0 aromatic heterocycles. The maximum absolute atomic E-state index is 10.4. The number of ether oxygens (including phenoxy) is 3. The number of hydrogen-bond donors (Lipinski definition) is 1. The van der Waals surface area contributed by atoms with Crippen LogP contribution < -0.4 is 0 Å². The van der Waals surface area contributed by atoms with Crippen molar-refractivity contribution >= 4 is 45.2 Å². The number of aliphatic hydroxyl groups is 1. The summed E-state index contributed by atoms with van der Waals surface area (Å²) in [7, 11) is 0. The summed E-state index contributed by atoms with van der Waals surface area (Å²) < 4.78 is 18.3. The predicted octanol–water partition coefficient (Wildman–Crippen LogP) is 3.80. The van der Waals surface area contributed by atoms with Gasteiger partial charge in [0.15, 0.2) is 5.79 Å². The highest BCUT2D eigenvalue weighted by molar-refractivity contribution is 14.2. The summed E-state index contributed by atoms with van der Waals surface area (Å²) >= 11 is 4.43. The van der Waals surface area contributed by atoms with Crippen molar-refractivity contribution in [2.24, 2.45) is 0 Å². The molecule has 122 valence electrons. The standard InChI is InChI=1S/C16H20I2O4/c1-16(2)21-13(8-14(17)18)15(22-16)12(19)10-20-9-11-6-4-3-5-7-11/h3-8,12-13,15,19H,9-10H2,1-2H3/t12?,13-,15+/m0/s1. The lowest BCUT2D eigenvalue weighted by Crippen LogP contribution is -2.37. The van der Waals surface area contributed by atoms with Gasteiger partial charge in [-0.15, -0.1) is 0 Å². The summed E-state index contributed by atoms with van der Waals surface area (Å²) in [6, 6.07) is 9.89. The Bertz CT molecular complexity index is 500. The van der Waals surface area contributed by atoms with Crippen molar-refractivity contribution in [3.63, 3.8) is 0 Å². The fourth-order valence-corrected chi connectivity index (χ4v) is 3.04. The molecule has 1 aromatic rings. The number of benzene rings is 1. The molecule has 1 heterocycles. The van der Waals surface area contributed by atoms with E-state index in [4.69, 9.17) is 14.2 Å². The summed E-state index contributed by atoms with van der Waals surface area (Å²) in [5, 5.41) is 10.4. The molecular formula is C16H20I2O4. The lowest BCUT2D eigenvalue weighted by atomic mass is 10.1. The van der Waals surface area contributed by atoms with E-state index < -0.39 is 18.0 Å². The van der Waals surface area contributed by atoms with Crippen LogP contribution >= 0.6 is 45.2 Å². The monoisotopic (exact) mass is 530 g/mol. The van der Waals surface area contributed by atoms with E-state index in [9.17, 15) is 5.11 Å². The van der Waals surface area contributed by atoms with Gasteiger partial charge in [-0.2, -0.15) is 0 Å². The van der Waals surface area contributed by atoms with Gasteiger partial charge in [0.25, 0.3) is 0 Å². The van der Waals surface area contributed by atoms with E-state index in [1.165, 1.54) is 0 Å². The van der Waals surface area contributed by atoms with Crippen molar-refractivity contribution in [2.45, 2.75) is 44.6 Å². The van der Waals surface area contributed by atoms with Crippen LogP contribution in [0.15, 0.2) is 38.0 Å². The minimum absolute atomic E-state index is 0.209. The summed E-state index contributed by atoms with van der Waals surface area (Å²) in [5.41, 5.74) is 1.08. The fourth-order valence-electron chi connectivity index (χ4n) is 2.33. The van der Waals surface area contributed by atoms with Crippen LogP contribution in [0, 0.1) is 0 Å². The van der Waals surface area contributed by atoms with E-state index in [0.29, 0.717) is 6.61 Å². The maximum atomic E-state index is 10.4. The second-order valence-electron chi connectivity index (χ2n) is 5.59. The number of hydrogen-bond acceptors (Lipinski definition) is 4. The van der Waals surface area contributed by atoms with E-state index in [0.717, 1.165) is 7.15 Å². The zero-order valence-electron chi connectivity index (χ0n) is 12.5. The van der Waals surface area contributed by atoms with Crippen molar-refractivity contribution in [3.8, 4) is 0 Å². The van der Waals surface area contributed by atoms with Crippen LogP contribution in [0.3, 0.4) is 0 Å². The Kier molecular flexibility index (Phi) is 7.09. The van der Waals surface area contributed by atoms with Crippen LogP contribution in [-0.4, -0.2) is 35.8 Å². The lowest BCUT2D eigenvalue weighted by molar-refractivity contribution is -0.157. The van der Waals surface area contributed by atoms with Crippen molar-refractivity contribution in [1.82, 2.24) is 0 Å². The first kappa shape index (κ1) is 18.6. The molecule has 0 spiro atoms. The molecule has 1 saturated heterocycles. The number of halogens is 2. The first-order valence-corrected chi connectivity index (χ1v) is 9.21. The first-order chi connectivity index (χ1) is 10.4. The van der Waals surface area contributed by atoms with Gasteiger partial charge >= 0.3 is 0 Å². The topological polar surface area (TPSA) is 47.9 Å². The van der Waals surface area contributed by atoms with Crippen LogP contribution in [-0.2, 0) is 20.8 Å². The Hall–Kier alpha value is 0.260. The van der Waals surface area contributed by atoms with Gasteiger partial charge in [-0.1, -0.05) is 30.3 Å². The molecule has 22 heavy (non-hydrogen) atoms. The van der Waals surface area contributed by atoms with Crippen molar-refractivity contribution < 1.29 is 19.3 Å². The molecule has 0 radical (unpaired) electrons. The van der Waals surface area contributed by atoms with Crippen molar-refractivity contribution in [2.75, 3.05) is 6.61 Å². The summed E-state index contributed by atoms with van der Waals surface area (Å²) in [4.78, 5) is 0. The zero-order chi connectivity index (χ0) is 16.2. The average molecular weight is 530 g/mol. The van der Waals surface area contributed by atoms with E-state index in [-0.39, 0.29) is 12.7 Å². The van der Waals surface area contributed by atoms with Crippen LogP contribution in [0.5, 0.6) is 0 Å². The summed E-state index contributed by atoms with van der Waals surface area (Å²) in [6.07, 6.45) is 0.527.